The molecule has 0 unspecified atom stereocenters. The summed E-state index contributed by atoms with van der Waals surface area (Å²) in [7, 11) is 0. The summed E-state index contributed by atoms with van der Waals surface area (Å²) in [6, 6.07) is 19.6. The third-order valence-electron chi connectivity index (χ3n) is 5.38. The van der Waals surface area contributed by atoms with E-state index in [2.05, 4.69) is 22.3 Å². The summed E-state index contributed by atoms with van der Waals surface area (Å²) in [5.74, 6) is 0.0541. The fraction of sp³-hybridized carbons (Fsp3) is 0.304. The Morgan fingerprint density at radius 3 is 2.45 bits per heavy atom. The van der Waals surface area contributed by atoms with Crippen LogP contribution in [0.15, 0.2) is 66.9 Å². The van der Waals surface area contributed by atoms with Crippen LogP contribution in [0.3, 0.4) is 0 Å². The van der Waals surface area contributed by atoms with Crippen LogP contribution >= 0.6 is 0 Å². The molecular weight excluding hydrogens is 364 g/mol. The lowest BCUT2D eigenvalue weighted by Gasteiger charge is -2.28. The number of nitrogens with one attached hydrogen (secondary N) is 2. The molecule has 1 saturated heterocycles. The second-order valence-corrected chi connectivity index (χ2v) is 7.34. The summed E-state index contributed by atoms with van der Waals surface area (Å²) in [5, 5.41) is 7.35. The highest BCUT2D eigenvalue weighted by Gasteiger charge is 2.22. The van der Waals surface area contributed by atoms with Crippen LogP contribution in [0, 0.1) is 0 Å². The SMILES string of the molecule is O=C(c1ccccc1)N(CC[NH+]1CCOCC1)Cc1cn[nH]c1-c1ccccc1. The molecule has 2 heterocycles. The van der Waals surface area contributed by atoms with E-state index in [-0.39, 0.29) is 5.91 Å². The number of H-pyrrole nitrogens is 1. The van der Waals surface area contributed by atoms with Gasteiger partial charge in [-0.15, -0.1) is 0 Å². The first-order valence-electron chi connectivity index (χ1n) is 10.1. The predicted octanol–water partition coefficient (Wildman–Crippen LogP) is 1.63. The monoisotopic (exact) mass is 391 g/mol. The number of aromatic amines is 1. The highest BCUT2D eigenvalue weighted by molar-refractivity contribution is 5.94. The molecule has 1 aliphatic heterocycles. The Kier molecular flexibility index (Phi) is 6.34. The second-order valence-electron chi connectivity index (χ2n) is 7.34. The Hall–Kier alpha value is -2.96. The highest BCUT2D eigenvalue weighted by atomic mass is 16.5. The number of amides is 1. The lowest BCUT2D eigenvalue weighted by molar-refractivity contribution is -0.907. The molecule has 4 rings (SSSR count). The molecular formula is C23H27N4O2+. The molecule has 2 N–H and O–H groups in total. The number of morpholine rings is 1. The molecule has 6 nitrogen and oxygen atoms in total. The standard InChI is InChI=1S/C23H26N4O2/c28-23(20-9-5-2-6-10-20)27(12-11-26-13-15-29-16-14-26)18-21-17-24-25-22(21)19-7-3-1-4-8-19/h1-10,17H,11-16,18H2,(H,24,25)/p+1. The number of hydrogen-bond acceptors (Lipinski definition) is 3. The van der Waals surface area contributed by atoms with E-state index in [9.17, 15) is 4.79 Å². The van der Waals surface area contributed by atoms with Crippen molar-refractivity contribution in [3.63, 3.8) is 0 Å². The number of rotatable bonds is 7. The minimum Gasteiger partial charge on any atom is -0.370 e. The molecule has 29 heavy (non-hydrogen) atoms. The molecule has 1 fully saturated rings. The first kappa shape index (κ1) is 19.4. The van der Waals surface area contributed by atoms with E-state index in [1.807, 2.05) is 59.6 Å². The quantitative estimate of drug-likeness (QED) is 0.644. The van der Waals surface area contributed by atoms with Crippen LogP contribution in [0.4, 0.5) is 0 Å². The van der Waals surface area contributed by atoms with Crippen LogP contribution in [-0.2, 0) is 11.3 Å². The number of hydrogen-bond donors (Lipinski definition) is 2. The number of aromatic nitrogens is 2. The minimum atomic E-state index is 0.0541. The predicted molar refractivity (Wildman–Crippen MR) is 112 cm³/mol. The van der Waals surface area contributed by atoms with Crippen molar-refractivity contribution in [1.82, 2.24) is 15.1 Å². The fourth-order valence-corrected chi connectivity index (χ4v) is 3.71. The maximum atomic E-state index is 13.3. The molecule has 0 saturated carbocycles. The Morgan fingerprint density at radius 2 is 1.72 bits per heavy atom. The smallest absolute Gasteiger partial charge is 0.254 e. The van der Waals surface area contributed by atoms with Gasteiger partial charge in [0.2, 0.25) is 0 Å². The molecule has 3 aromatic rings. The molecule has 1 aliphatic rings. The van der Waals surface area contributed by atoms with Crippen LogP contribution in [0.2, 0.25) is 0 Å². The van der Waals surface area contributed by atoms with Crippen molar-refractivity contribution in [2.75, 3.05) is 39.4 Å². The van der Waals surface area contributed by atoms with Gasteiger partial charge in [0.1, 0.15) is 13.1 Å². The van der Waals surface area contributed by atoms with Gasteiger partial charge in [0, 0.05) is 17.7 Å². The summed E-state index contributed by atoms with van der Waals surface area (Å²) in [4.78, 5) is 16.7. The van der Waals surface area contributed by atoms with Gasteiger partial charge in [-0.3, -0.25) is 9.89 Å². The van der Waals surface area contributed by atoms with Crippen LogP contribution in [0.1, 0.15) is 15.9 Å². The molecule has 0 aliphatic carbocycles. The van der Waals surface area contributed by atoms with Gasteiger partial charge < -0.3 is 14.5 Å². The Bertz CT molecular complexity index is 905. The Balaban J connectivity index is 1.54. The van der Waals surface area contributed by atoms with E-state index in [4.69, 9.17) is 4.74 Å². The number of benzene rings is 2. The summed E-state index contributed by atoms with van der Waals surface area (Å²) in [6.45, 7) is 5.72. The minimum absolute atomic E-state index is 0.0541. The van der Waals surface area contributed by atoms with E-state index >= 15 is 0 Å². The average molecular weight is 391 g/mol. The van der Waals surface area contributed by atoms with Crippen molar-refractivity contribution >= 4 is 5.91 Å². The third kappa shape index (κ3) is 4.91. The lowest BCUT2D eigenvalue weighted by Crippen LogP contribution is -3.14. The number of carbonyl (C=O) groups excluding carboxylic acids is 1. The van der Waals surface area contributed by atoms with Gasteiger partial charge >= 0.3 is 0 Å². The van der Waals surface area contributed by atoms with Gasteiger partial charge in [0.25, 0.3) is 5.91 Å². The van der Waals surface area contributed by atoms with Crippen molar-refractivity contribution in [1.29, 1.82) is 0 Å². The Labute approximate surface area is 171 Å². The van der Waals surface area contributed by atoms with Crippen molar-refractivity contribution < 1.29 is 14.4 Å². The lowest BCUT2D eigenvalue weighted by atomic mass is 10.1. The van der Waals surface area contributed by atoms with Crippen LogP contribution in [0.25, 0.3) is 11.3 Å². The van der Waals surface area contributed by atoms with Gasteiger partial charge in [0.05, 0.1) is 38.2 Å². The molecule has 1 amide bonds. The van der Waals surface area contributed by atoms with Gasteiger partial charge in [-0.1, -0.05) is 48.5 Å². The molecule has 0 atom stereocenters. The summed E-state index contributed by atoms with van der Waals surface area (Å²) in [6.07, 6.45) is 1.83. The van der Waals surface area contributed by atoms with Crippen molar-refractivity contribution in [2.45, 2.75) is 6.54 Å². The number of nitrogens with zero attached hydrogens (tertiary/aromatic N) is 2. The van der Waals surface area contributed by atoms with Crippen LogP contribution in [0.5, 0.6) is 0 Å². The first-order valence-corrected chi connectivity index (χ1v) is 10.1. The summed E-state index contributed by atoms with van der Waals surface area (Å²) >= 11 is 0. The zero-order chi connectivity index (χ0) is 19.9. The van der Waals surface area contributed by atoms with Crippen molar-refractivity contribution in [2.24, 2.45) is 0 Å². The number of ether oxygens (including phenoxy) is 1. The van der Waals surface area contributed by atoms with Crippen LogP contribution in [-0.4, -0.2) is 60.4 Å². The molecule has 0 radical (unpaired) electrons. The average Bonchev–Trinajstić information content (AvgIpc) is 3.26. The molecule has 2 aromatic carbocycles. The van der Waals surface area contributed by atoms with E-state index in [0.29, 0.717) is 18.7 Å². The zero-order valence-electron chi connectivity index (χ0n) is 16.5. The molecule has 6 heteroatoms. The van der Waals surface area contributed by atoms with Gasteiger partial charge in [-0.25, -0.2) is 0 Å². The first-order chi connectivity index (χ1) is 14.3. The zero-order valence-corrected chi connectivity index (χ0v) is 16.5. The fourth-order valence-electron chi connectivity index (χ4n) is 3.71. The maximum Gasteiger partial charge on any atom is 0.254 e. The molecule has 0 bridgehead atoms. The van der Waals surface area contributed by atoms with Crippen molar-refractivity contribution in [3.8, 4) is 11.3 Å². The van der Waals surface area contributed by atoms with Gasteiger partial charge in [0.15, 0.2) is 0 Å². The maximum absolute atomic E-state index is 13.3. The van der Waals surface area contributed by atoms with E-state index in [1.54, 1.807) is 0 Å². The summed E-state index contributed by atoms with van der Waals surface area (Å²) in [5.41, 5.74) is 3.78. The topological polar surface area (TPSA) is 62.7 Å². The Morgan fingerprint density at radius 1 is 1.03 bits per heavy atom. The van der Waals surface area contributed by atoms with E-state index in [1.165, 1.54) is 4.90 Å². The number of quaternary nitrogens is 1. The highest BCUT2D eigenvalue weighted by Crippen LogP contribution is 2.22. The van der Waals surface area contributed by atoms with E-state index < -0.39 is 0 Å². The van der Waals surface area contributed by atoms with Crippen molar-refractivity contribution in [3.05, 3.63) is 78.0 Å². The molecule has 1 aromatic heterocycles. The van der Waals surface area contributed by atoms with Crippen LogP contribution < -0.4 is 4.90 Å². The summed E-state index contributed by atoms with van der Waals surface area (Å²) < 4.78 is 5.46. The largest absolute Gasteiger partial charge is 0.370 e. The molecule has 0 spiro atoms. The third-order valence-corrected chi connectivity index (χ3v) is 5.38. The normalized spacial score (nSPS) is 14.6. The van der Waals surface area contributed by atoms with Gasteiger partial charge in [-0.05, 0) is 17.7 Å². The van der Waals surface area contributed by atoms with E-state index in [0.717, 1.165) is 49.7 Å². The second kappa shape index (κ2) is 9.49. The molecule has 150 valence electrons. The van der Waals surface area contributed by atoms with Gasteiger partial charge in [-0.2, -0.15) is 5.10 Å². The number of carbonyl (C=O) groups is 1.